The number of amides is 1. The van der Waals surface area contributed by atoms with E-state index in [9.17, 15) is 4.79 Å². The first-order chi connectivity index (χ1) is 9.45. The zero-order valence-corrected chi connectivity index (χ0v) is 13.8. The molecule has 1 amide bonds. The Hall–Kier alpha value is -1.07. The van der Waals surface area contributed by atoms with Crippen molar-refractivity contribution >= 4 is 18.3 Å². The summed E-state index contributed by atoms with van der Waals surface area (Å²) in [5, 5.41) is 10.9. The van der Waals surface area contributed by atoms with Gasteiger partial charge >= 0.3 is 0 Å². The molecule has 1 aromatic heterocycles. The van der Waals surface area contributed by atoms with Crippen LogP contribution in [0.1, 0.15) is 62.1 Å². The van der Waals surface area contributed by atoms with E-state index < -0.39 is 0 Å². The van der Waals surface area contributed by atoms with E-state index in [0.29, 0.717) is 11.6 Å². The van der Waals surface area contributed by atoms with Crippen molar-refractivity contribution in [3.8, 4) is 0 Å². The van der Waals surface area contributed by atoms with Crippen molar-refractivity contribution in [2.45, 2.75) is 57.5 Å². The number of hydrogen-bond donors (Lipinski definition) is 2. The minimum Gasteiger partial charge on any atom is -0.347 e. The fourth-order valence-electron chi connectivity index (χ4n) is 2.75. The van der Waals surface area contributed by atoms with Gasteiger partial charge in [-0.1, -0.05) is 0 Å². The summed E-state index contributed by atoms with van der Waals surface area (Å²) in [7, 11) is 0. The lowest BCUT2D eigenvalue weighted by Crippen LogP contribution is -2.36. The van der Waals surface area contributed by atoms with Gasteiger partial charge in [-0.3, -0.25) is 9.48 Å². The van der Waals surface area contributed by atoms with Crippen LogP contribution in [0.25, 0.3) is 0 Å². The van der Waals surface area contributed by atoms with Crippen molar-refractivity contribution in [2.24, 2.45) is 0 Å². The Balaban J connectivity index is 0.00000161. The van der Waals surface area contributed by atoms with Crippen molar-refractivity contribution in [3.63, 3.8) is 0 Å². The highest BCUT2D eigenvalue weighted by Crippen LogP contribution is 2.41. The first kappa shape index (κ1) is 16.3. The van der Waals surface area contributed by atoms with E-state index in [0.717, 1.165) is 19.5 Å². The van der Waals surface area contributed by atoms with Gasteiger partial charge in [0, 0.05) is 24.2 Å². The van der Waals surface area contributed by atoms with Crippen LogP contribution < -0.4 is 10.6 Å². The summed E-state index contributed by atoms with van der Waals surface area (Å²) in [5.74, 6) is 0.556. The van der Waals surface area contributed by atoms with Gasteiger partial charge < -0.3 is 10.6 Å². The zero-order chi connectivity index (χ0) is 14.3. The van der Waals surface area contributed by atoms with Gasteiger partial charge in [-0.25, -0.2) is 0 Å². The second kappa shape index (κ2) is 5.97. The van der Waals surface area contributed by atoms with Gasteiger partial charge in [-0.15, -0.1) is 12.4 Å². The fraction of sp³-hybridized carbons (Fsp3) is 0.733. The Morgan fingerprint density at radius 2 is 2.10 bits per heavy atom. The van der Waals surface area contributed by atoms with Gasteiger partial charge in [0.15, 0.2) is 0 Å². The third kappa shape index (κ3) is 3.58. The molecule has 2 heterocycles. The molecule has 1 aliphatic carbocycles. The molecule has 21 heavy (non-hydrogen) atoms. The first-order valence-electron chi connectivity index (χ1n) is 7.57. The lowest BCUT2D eigenvalue weighted by atomic mass is 10.1. The van der Waals surface area contributed by atoms with Gasteiger partial charge in [0.05, 0.1) is 5.54 Å². The SMILES string of the molecule is CC(C)(C)n1nc(C(=O)NC2CCNC2)cc1C1CC1.Cl. The highest BCUT2D eigenvalue weighted by Gasteiger charge is 2.32. The molecule has 3 rings (SSSR count). The molecule has 6 heteroatoms. The van der Waals surface area contributed by atoms with Crippen molar-refractivity contribution in [1.82, 2.24) is 20.4 Å². The smallest absolute Gasteiger partial charge is 0.272 e. The molecular formula is C15H25ClN4O. The van der Waals surface area contributed by atoms with Crippen molar-refractivity contribution < 1.29 is 4.79 Å². The number of carbonyl (C=O) groups excluding carboxylic acids is 1. The Morgan fingerprint density at radius 3 is 2.62 bits per heavy atom. The largest absolute Gasteiger partial charge is 0.347 e. The van der Waals surface area contributed by atoms with Crippen LogP contribution in [-0.4, -0.2) is 34.8 Å². The van der Waals surface area contributed by atoms with E-state index >= 15 is 0 Å². The predicted molar refractivity (Wildman–Crippen MR) is 85.2 cm³/mol. The van der Waals surface area contributed by atoms with E-state index in [-0.39, 0.29) is 29.9 Å². The molecule has 0 aromatic carbocycles. The lowest BCUT2D eigenvalue weighted by Gasteiger charge is -2.22. The van der Waals surface area contributed by atoms with Crippen molar-refractivity contribution in [3.05, 3.63) is 17.5 Å². The number of nitrogens with one attached hydrogen (secondary N) is 2. The maximum atomic E-state index is 12.3. The van der Waals surface area contributed by atoms with Crippen LogP contribution in [0.5, 0.6) is 0 Å². The number of hydrogen-bond acceptors (Lipinski definition) is 3. The monoisotopic (exact) mass is 312 g/mol. The molecule has 2 fully saturated rings. The summed E-state index contributed by atoms with van der Waals surface area (Å²) in [5.41, 5.74) is 1.70. The Bertz CT molecular complexity index is 510. The molecule has 2 N–H and O–H groups in total. The third-order valence-electron chi connectivity index (χ3n) is 4.00. The number of rotatable bonds is 3. The second-order valence-corrected chi connectivity index (χ2v) is 6.97. The highest BCUT2D eigenvalue weighted by atomic mass is 35.5. The molecule has 1 atom stereocenters. The maximum Gasteiger partial charge on any atom is 0.272 e. The molecule has 1 saturated heterocycles. The minimum atomic E-state index is -0.0780. The van der Waals surface area contributed by atoms with Gasteiger partial charge in [0.2, 0.25) is 0 Å². The average Bonchev–Trinajstić information content (AvgIpc) is 2.90. The van der Waals surface area contributed by atoms with Gasteiger partial charge in [-0.2, -0.15) is 5.10 Å². The molecule has 1 saturated carbocycles. The van der Waals surface area contributed by atoms with Crippen LogP contribution in [-0.2, 0) is 5.54 Å². The van der Waals surface area contributed by atoms with Crippen LogP contribution in [0.15, 0.2) is 6.07 Å². The normalized spacial score (nSPS) is 22.0. The summed E-state index contributed by atoms with van der Waals surface area (Å²) < 4.78 is 2.03. The molecule has 2 aliphatic rings. The van der Waals surface area contributed by atoms with Crippen LogP contribution in [0, 0.1) is 0 Å². The number of halogens is 1. The topological polar surface area (TPSA) is 59.0 Å². The molecule has 5 nitrogen and oxygen atoms in total. The van der Waals surface area contributed by atoms with Crippen LogP contribution >= 0.6 is 12.4 Å². The van der Waals surface area contributed by atoms with Crippen LogP contribution in [0.2, 0.25) is 0 Å². The molecule has 0 radical (unpaired) electrons. The molecule has 1 aliphatic heterocycles. The lowest BCUT2D eigenvalue weighted by molar-refractivity contribution is 0.0933. The Labute approximate surface area is 132 Å². The van der Waals surface area contributed by atoms with Gasteiger partial charge in [0.1, 0.15) is 5.69 Å². The standard InChI is InChI=1S/C15H24N4O.ClH/c1-15(2,3)19-13(10-4-5-10)8-12(18-19)14(20)17-11-6-7-16-9-11;/h8,10-11,16H,4-7,9H2,1-3H3,(H,17,20);1H. The molecule has 1 unspecified atom stereocenters. The molecular weight excluding hydrogens is 288 g/mol. The third-order valence-corrected chi connectivity index (χ3v) is 4.00. The number of carbonyl (C=O) groups is 1. The zero-order valence-electron chi connectivity index (χ0n) is 13.0. The first-order valence-corrected chi connectivity index (χ1v) is 7.57. The average molecular weight is 313 g/mol. The van der Waals surface area contributed by atoms with Gasteiger partial charge in [-0.05, 0) is 52.6 Å². The van der Waals surface area contributed by atoms with E-state index in [1.807, 2.05) is 10.7 Å². The van der Waals surface area contributed by atoms with Crippen molar-refractivity contribution in [2.75, 3.05) is 13.1 Å². The summed E-state index contributed by atoms with van der Waals surface area (Å²) in [6.45, 7) is 8.24. The summed E-state index contributed by atoms with van der Waals surface area (Å²) in [6, 6.07) is 2.23. The van der Waals surface area contributed by atoms with Gasteiger partial charge in [0.25, 0.3) is 5.91 Å². The molecule has 118 valence electrons. The van der Waals surface area contributed by atoms with E-state index in [1.54, 1.807) is 0 Å². The molecule has 0 bridgehead atoms. The summed E-state index contributed by atoms with van der Waals surface area (Å²) in [6.07, 6.45) is 3.44. The summed E-state index contributed by atoms with van der Waals surface area (Å²) >= 11 is 0. The molecule has 0 spiro atoms. The Kier molecular flexibility index (Phi) is 4.63. The van der Waals surface area contributed by atoms with E-state index in [2.05, 4.69) is 36.5 Å². The highest BCUT2D eigenvalue weighted by molar-refractivity contribution is 5.92. The summed E-state index contributed by atoms with van der Waals surface area (Å²) in [4.78, 5) is 12.3. The minimum absolute atomic E-state index is 0. The fourth-order valence-corrected chi connectivity index (χ4v) is 2.75. The second-order valence-electron chi connectivity index (χ2n) is 6.97. The van der Waals surface area contributed by atoms with E-state index in [1.165, 1.54) is 18.5 Å². The van der Waals surface area contributed by atoms with Crippen molar-refractivity contribution in [1.29, 1.82) is 0 Å². The number of aromatic nitrogens is 2. The predicted octanol–water partition coefficient (Wildman–Crippen LogP) is 2.03. The molecule has 1 aromatic rings. The van der Waals surface area contributed by atoms with Crippen LogP contribution in [0.3, 0.4) is 0 Å². The number of nitrogens with zero attached hydrogens (tertiary/aromatic N) is 2. The Morgan fingerprint density at radius 1 is 1.38 bits per heavy atom. The van der Waals surface area contributed by atoms with Crippen LogP contribution in [0.4, 0.5) is 0 Å². The van der Waals surface area contributed by atoms with E-state index in [4.69, 9.17) is 0 Å². The maximum absolute atomic E-state index is 12.3. The quantitative estimate of drug-likeness (QED) is 0.898.